The number of benzene rings is 2. The lowest BCUT2D eigenvalue weighted by Gasteiger charge is -2.14. The van der Waals surface area contributed by atoms with E-state index in [2.05, 4.69) is 10.4 Å². The van der Waals surface area contributed by atoms with E-state index in [1.807, 2.05) is 44.2 Å². The second-order valence-corrected chi connectivity index (χ2v) is 6.52. The molecule has 0 aliphatic carbocycles. The van der Waals surface area contributed by atoms with Gasteiger partial charge in [-0.3, -0.25) is 4.79 Å². The molecule has 1 N–H and O–H groups in total. The highest BCUT2D eigenvalue weighted by Crippen LogP contribution is 2.27. The number of nitrogens with zero attached hydrogens (tertiary/aromatic N) is 2. The van der Waals surface area contributed by atoms with Crippen LogP contribution in [-0.4, -0.2) is 28.5 Å². The molecular formula is C21H20F3N3O2. The predicted molar refractivity (Wildman–Crippen MR) is 103 cm³/mol. The minimum absolute atomic E-state index is 0.0356. The van der Waals surface area contributed by atoms with E-state index in [9.17, 15) is 18.0 Å². The fourth-order valence-electron chi connectivity index (χ4n) is 2.96. The van der Waals surface area contributed by atoms with E-state index in [4.69, 9.17) is 4.74 Å². The number of aryl methyl sites for hydroxylation is 1. The minimum Gasteiger partial charge on any atom is -0.482 e. The van der Waals surface area contributed by atoms with Crippen LogP contribution in [0, 0.1) is 13.8 Å². The summed E-state index contributed by atoms with van der Waals surface area (Å²) in [6.07, 6.45) is -4.42. The molecule has 2 aromatic carbocycles. The van der Waals surface area contributed by atoms with Gasteiger partial charge in [-0.25, -0.2) is 4.68 Å². The fraction of sp³-hybridized carbons (Fsp3) is 0.238. The predicted octanol–water partition coefficient (Wildman–Crippen LogP) is 4.61. The van der Waals surface area contributed by atoms with Gasteiger partial charge in [0.1, 0.15) is 5.75 Å². The van der Waals surface area contributed by atoms with Crippen molar-refractivity contribution in [3.8, 4) is 11.4 Å². The first-order chi connectivity index (χ1) is 13.7. The quantitative estimate of drug-likeness (QED) is 0.654. The van der Waals surface area contributed by atoms with Gasteiger partial charge in [0.2, 0.25) is 5.91 Å². The second-order valence-electron chi connectivity index (χ2n) is 6.52. The van der Waals surface area contributed by atoms with Crippen molar-refractivity contribution >= 4 is 11.6 Å². The van der Waals surface area contributed by atoms with Crippen LogP contribution in [0.3, 0.4) is 0 Å². The first kappa shape index (κ1) is 20.4. The smallest absolute Gasteiger partial charge is 0.422 e. The molecule has 152 valence electrons. The third kappa shape index (κ3) is 5.16. The summed E-state index contributed by atoms with van der Waals surface area (Å²) >= 11 is 0. The van der Waals surface area contributed by atoms with Crippen LogP contribution in [0.2, 0.25) is 0 Å². The van der Waals surface area contributed by atoms with Crippen molar-refractivity contribution in [1.29, 1.82) is 0 Å². The topological polar surface area (TPSA) is 56.2 Å². The molecule has 5 nitrogen and oxygen atoms in total. The molecule has 0 spiro atoms. The highest BCUT2D eigenvalue weighted by molar-refractivity contribution is 5.94. The van der Waals surface area contributed by atoms with E-state index >= 15 is 0 Å². The van der Waals surface area contributed by atoms with E-state index < -0.39 is 12.8 Å². The van der Waals surface area contributed by atoms with Crippen LogP contribution in [0.5, 0.6) is 5.75 Å². The summed E-state index contributed by atoms with van der Waals surface area (Å²) in [5.41, 5.74) is 3.37. The summed E-state index contributed by atoms with van der Waals surface area (Å²) in [5.74, 6) is -0.404. The van der Waals surface area contributed by atoms with Crippen molar-refractivity contribution in [1.82, 2.24) is 9.78 Å². The number of aromatic nitrogens is 2. The van der Waals surface area contributed by atoms with E-state index in [0.717, 1.165) is 16.9 Å². The molecule has 0 aliphatic heterocycles. The standard InChI is InChI=1S/C21H20F3N3O2/c1-14-17(15(2)27(26-14)16-8-4-3-5-9-16)12-20(28)25-18-10-6-7-11-19(18)29-13-21(22,23)24/h3-11H,12-13H2,1-2H3,(H,25,28). The molecule has 1 heterocycles. The molecule has 0 fully saturated rings. The van der Waals surface area contributed by atoms with Gasteiger partial charge in [0.25, 0.3) is 0 Å². The largest absolute Gasteiger partial charge is 0.482 e. The van der Waals surface area contributed by atoms with Crippen LogP contribution in [0.15, 0.2) is 54.6 Å². The van der Waals surface area contributed by atoms with Crippen LogP contribution >= 0.6 is 0 Å². The first-order valence-corrected chi connectivity index (χ1v) is 8.93. The molecule has 8 heteroatoms. The van der Waals surface area contributed by atoms with E-state index in [1.54, 1.807) is 16.8 Å². The van der Waals surface area contributed by atoms with Crippen LogP contribution in [0.1, 0.15) is 17.0 Å². The van der Waals surface area contributed by atoms with Gasteiger partial charge in [-0.2, -0.15) is 18.3 Å². The number of halogens is 3. The van der Waals surface area contributed by atoms with Gasteiger partial charge >= 0.3 is 6.18 Å². The maximum atomic E-state index is 12.6. The zero-order valence-corrected chi connectivity index (χ0v) is 16.0. The van der Waals surface area contributed by atoms with Gasteiger partial charge in [-0.15, -0.1) is 0 Å². The number of hydrogen-bond donors (Lipinski definition) is 1. The molecule has 29 heavy (non-hydrogen) atoms. The average Bonchev–Trinajstić information content (AvgIpc) is 2.95. The zero-order valence-electron chi connectivity index (χ0n) is 16.0. The molecule has 0 radical (unpaired) electrons. The summed E-state index contributed by atoms with van der Waals surface area (Å²) in [7, 11) is 0. The van der Waals surface area contributed by atoms with Crippen molar-refractivity contribution in [3.63, 3.8) is 0 Å². The highest BCUT2D eigenvalue weighted by atomic mass is 19.4. The van der Waals surface area contributed by atoms with Crippen molar-refractivity contribution in [2.75, 3.05) is 11.9 Å². The number of para-hydroxylation sites is 3. The van der Waals surface area contributed by atoms with Gasteiger partial charge in [-0.05, 0) is 38.1 Å². The monoisotopic (exact) mass is 403 g/mol. The molecule has 3 aromatic rings. The summed E-state index contributed by atoms with van der Waals surface area (Å²) in [4.78, 5) is 12.6. The first-order valence-electron chi connectivity index (χ1n) is 8.93. The average molecular weight is 403 g/mol. The highest BCUT2D eigenvalue weighted by Gasteiger charge is 2.29. The van der Waals surface area contributed by atoms with Gasteiger partial charge in [-0.1, -0.05) is 30.3 Å². The van der Waals surface area contributed by atoms with Gasteiger partial charge in [0.05, 0.1) is 23.5 Å². The Bertz CT molecular complexity index is 998. The number of carbonyl (C=O) groups excluding carboxylic acids is 1. The Balaban J connectivity index is 1.75. The van der Waals surface area contributed by atoms with Crippen molar-refractivity contribution in [3.05, 3.63) is 71.5 Å². The number of nitrogens with one attached hydrogen (secondary N) is 1. The Morgan fingerprint density at radius 3 is 2.41 bits per heavy atom. The summed E-state index contributed by atoms with van der Waals surface area (Å²) in [6.45, 7) is 2.26. The Morgan fingerprint density at radius 1 is 1.07 bits per heavy atom. The molecule has 1 amide bonds. The van der Waals surface area contributed by atoms with Crippen molar-refractivity contribution in [2.45, 2.75) is 26.4 Å². The summed E-state index contributed by atoms with van der Waals surface area (Å²) in [6, 6.07) is 15.6. The Hall–Kier alpha value is -3.29. The molecule has 0 aliphatic rings. The van der Waals surface area contributed by atoms with Gasteiger partial charge in [0, 0.05) is 11.3 Å². The maximum Gasteiger partial charge on any atom is 0.422 e. The lowest BCUT2D eigenvalue weighted by molar-refractivity contribution is -0.153. The van der Waals surface area contributed by atoms with E-state index in [0.29, 0.717) is 5.69 Å². The molecule has 3 rings (SSSR count). The number of anilines is 1. The summed E-state index contributed by atoms with van der Waals surface area (Å²) in [5, 5.41) is 7.13. The van der Waals surface area contributed by atoms with Gasteiger partial charge in [0.15, 0.2) is 6.61 Å². The Labute approximate surface area is 166 Å². The number of ether oxygens (including phenoxy) is 1. The van der Waals surface area contributed by atoms with Crippen LogP contribution < -0.4 is 10.1 Å². The second kappa shape index (κ2) is 8.38. The fourth-order valence-corrected chi connectivity index (χ4v) is 2.96. The number of rotatable bonds is 6. The molecular weight excluding hydrogens is 383 g/mol. The van der Waals surface area contributed by atoms with Gasteiger partial charge < -0.3 is 10.1 Å². The number of alkyl halides is 3. The molecule has 0 saturated heterocycles. The van der Waals surface area contributed by atoms with Crippen molar-refractivity contribution in [2.24, 2.45) is 0 Å². The third-order valence-electron chi connectivity index (χ3n) is 4.33. The normalized spacial score (nSPS) is 11.3. The molecule has 0 bridgehead atoms. The van der Waals surface area contributed by atoms with E-state index in [-0.39, 0.29) is 23.8 Å². The van der Waals surface area contributed by atoms with Crippen molar-refractivity contribution < 1.29 is 22.7 Å². The van der Waals surface area contributed by atoms with Crippen LogP contribution in [-0.2, 0) is 11.2 Å². The SMILES string of the molecule is Cc1nn(-c2ccccc2)c(C)c1CC(=O)Nc1ccccc1OCC(F)(F)F. The minimum atomic E-state index is -4.46. The lowest BCUT2D eigenvalue weighted by Crippen LogP contribution is -2.21. The molecule has 0 unspecified atom stereocenters. The number of hydrogen-bond acceptors (Lipinski definition) is 3. The Kier molecular flexibility index (Phi) is 5.91. The molecule has 0 saturated carbocycles. The maximum absolute atomic E-state index is 12.6. The zero-order chi connectivity index (χ0) is 21.0. The molecule has 1 aromatic heterocycles. The number of carbonyl (C=O) groups is 1. The van der Waals surface area contributed by atoms with Crippen LogP contribution in [0.4, 0.5) is 18.9 Å². The Morgan fingerprint density at radius 2 is 1.72 bits per heavy atom. The lowest BCUT2D eigenvalue weighted by atomic mass is 10.1. The number of amides is 1. The van der Waals surface area contributed by atoms with E-state index in [1.165, 1.54) is 12.1 Å². The third-order valence-corrected chi connectivity index (χ3v) is 4.33. The van der Waals surface area contributed by atoms with Crippen LogP contribution in [0.25, 0.3) is 5.69 Å². The molecule has 0 atom stereocenters. The summed E-state index contributed by atoms with van der Waals surface area (Å²) < 4.78 is 43.9.